The van der Waals surface area contributed by atoms with Crippen LogP contribution in [-0.4, -0.2) is 21.8 Å². The second-order valence-corrected chi connectivity index (χ2v) is 7.59. The van der Waals surface area contributed by atoms with Crippen molar-refractivity contribution >= 4 is 23.1 Å². The molecule has 3 heterocycles. The molecule has 3 aromatic rings. The number of aldehydes is 1. The van der Waals surface area contributed by atoms with E-state index in [1.165, 1.54) is 11.1 Å². The molecule has 0 bridgehead atoms. The monoisotopic (exact) mass is 329 g/mol. The zero-order chi connectivity index (χ0) is 17.2. The summed E-state index contributed by atoms with van der Waals surface area (Å²) < 4.78 is 0. The molecule has 5 rings (SSSR count). The molecule has 0 fully saturated rings. The van der Waals surface area contributed by atoms with Crippen molar-refractivity contribution in [1.29, 1.82) is 0 Å². The summed E-state index contributed by atoms with van der Waals surface area (Å²) in [6.07, 6.45) is 1.98. The molecule has 0 aliphatic carbocycles. The number of anilines is 1. The number of para-hydroxylation sites is 2. The third-order valence-corrected chi connectivity index (χ3v) is 5.54. The van der Waals surface area contributed by atoms with Crippen LogP contribution in [0, 0.1) is 0 Å². The van der Waals surface area contributed by atoms with E-state index in [0.717, 1.165) is 35.3 Å². The van der Waals surface area contributed by atoms with E-state index in [9.17, 15) is 4.79 Å². The van der Waals surface area contributed by atoms with Gasteiger partial charge in [-0.2, -0.15) is 0 Å². The van der Waals surface area contributed by atoms with E-state index in [-0.39, 0.29) is 17.5 Å². The SMILES string of the molecule is CC1(C)Cc2ccccc2C2C(C=O)c3nc4ccccc4nc3N21. The lowest BCUT2D eigenvalue weighted by molar-refractivity contribution is -0.109. The Labute approximate surface area is 146 Å². The van der Waals surface area contributed by atoms with E-state index in [4.69, 9.17) is 9.97 Å². The van der Waals surface area contributed by atoms with Gasteiger partial charge in [0.15, 0.2) is 5.82 Å². The van der Waals surface area contributed by atoms with Crippen LogP contribution in [0.4, 0.5) is 5.82 Å². The fourth-order valence-electron chi connectivity index (χ4n) is 4.52. The number of carbonyl (C=O) groups excluding carboxylic acids is 1. The van der Waals surface area contributed by atoms with Gasteiger partial charge in [0.2, 0.25) is 0 Å². The van der Waals surface area contributed by atoms with Crippen molar-refractivity contribution in [2.75, 3.05) is 4.90 Å². The second kappa shape index (κ2) is 4.88. The van der Waals surface area contributed by atoms with Crippen molar-refractivity contribution in [2.45, 2.75) is 37.8 Å². The number of rotatable bonds is 1. The maximum absolute atomic E-state index is 12.1. The standard InChI is InChI=1S/C21H19N3O/c1-21(2)11-13-7-3-4-8-14(13)19-15(12-25)18-20(24(19)21)23-17-10-6-5-9-16(17)22-18/h3-10,12,15,19H,11H2,1-2H3. The molecule has 2 aromatic carbocycles. The lowest BCUT2D eigenvalue weighted by Crippen LogP contribution is -2.50. The highest BCUT2D eigenvalue weighted by Crippen LogP contribution is 2.53. The van der Waals surface area contributed by atoms with E-state index < -0.39 is 0 Å². The molecule has 124 valence electrons. The fraction of sp³-hybridized carbons (Fsp3) is 0.286. The van der Waals surface area contributed by atoms with Gasteiger partial charge in [0.25, 0.3) is 0 Å². The Bertz CT molecular complexity index is 1010. The zero-order valence-corrected chi connectivity index (χ0v) is 14.3. The van der Waals surface area contributed by atoms with Crippen molar-refractivity contribution < 1.29 is 4.79 Å². The van der Waals surface area contributed by atoms with Gasteiger partial charge in [0.05, 0.1) is 28.7 Å². The minimum absolute atomic E-state index is 0.0238. The molecule has 4 heteroatoms. The molecule has 0 saturated heterocycles. The first-order chi connectivity index (χ1) is 12.1. The van der Waals surface area contributed by atoms with Gasteiger partial charge in [-0.1, -0.05) is 36.4 Å². The molecular formula is C21H19N3O. The molecule has 0 spiro atoms. The van der Waals surface area contributed by atoms with Crippen LogP contribution in [0.2, 0.25) is 0 Å². The lowest BCUT2D eigenvalue weighted by Gasteiger charge is -2.47. The predicted octanol–water partition coefficient (Wildman–Crippen LogP) is 3.81. The summed E-state index contributed by atoms with van der Waals surface area (Å²) in [6, 6.07) is 16.3. The van der Waals surface area contributed by atoms with Crippen LogP contribution in [0.5, 0.6) is 0 Å². The van der Waals surface area contributed by atoms with E-state index >= 15 is 0 Å². The Morgan fingerprint density at radius 3 is 2.48 bits per heavy atom. The Morgan fingerprint density at radius 1 is 1.04 bits per heavy atom. The molecule has 2 atom stereocenters. The van der Waals surface area contributed by atoms with Gasteiger partial charge in [-0.05, 0) is 43.5 Å². The number of hydrogen-bond acceptors (Lipinski definition) is 4. The highest BCUT2D eigenvalue weighted by atomic mass is 16.1. The van der Waals surface area contributed by atoms with Gasteiger partial charge in [-0.3, -0.25) is 0 Å². The fourth-order valence-corrected chi connectivity index (χ4v) is 4.52. The average Bonchev–Trinajstić information content (AvgIpc) is 2.94. The third kappa shape index (κ3) is 1.91. The first-order valence-electron chi connectivity index (χ1n) is 8.69. The van der Waals surface area contributed by atoms with Crippen LogP contribution in [0.25, 0.3) is 11.0 Å². The maximum Gasteiger partial charge on any atom is 0.152 e. The topological polar surface area (TPSA) is 46.1 Å². The average molecular weight is 329 g/mol. The number of fused-ring (bicyclic) bond motifs is 6. The van der Waals surface area contributed by atoms with Crippen molar-refractivity contribution in [3.05, 3.63) is 65.4 Å². The predicted molar refractivity (Wildman–Crippen MR) is 97.8 cm³/mol. The molecule has 0 radical (unpaired) electrons. The Hall–Kier alpha value is -2.75. The second-order valence-electron chi connectivity index (χ2n) is 7.59. The Morgan fingerprint density at radius 2 is 1.72 bits per heavy atom. The number of nitrogens with zero attached hydrogens (tertiary/aromatic N) is 3. The zero-order valence-electron chi connectivity index (χ0n) is 14.3. The van der Waals surface area contributed by atoms with E-state index in [1.54, 1.807) is 0 Å². The quantitative estimate of drug-likeness (QED) is 0.637. The van der Waals surface area contributed by atoms with Crippen molar-refractivity contribution in [1.82, 2.24) is 9.97 Å². The van der Waals surface area contributed by atoms with Crippen LogP contribution >= 0.6 is 0 Å². The lowest BCUT2D eigenvalue weighted by atomic mass is 9.79. The molecule has 2 unspecified atom stereocenters. The Balaban J connectivity index is 1.82. The van der Waals surface area contributed by atoms with E-state index in [1.807, 2.05) is 24.3 Å². The molecule has 2 aliphatic rings. The number of aromatic nitrogens is 2. The molecule has 2 aliphatic heterocycles. The molecule has 4 nitrogen and oxygen atoms in total. The van der Waals surface area contributed by atoms with Crippen LogP contribution in [0.15, 0.2) is 48.5 Å². The molecule has 25 heavy (non-hydrogen) atoms. The summed E-state index contributed by atoms with van der Waals surface area (Å²) in [6.45, 7) is 4.45. The Kier molecular flexibility index (Phi) is 2.85. The first-order valence-corrected chi connectivity index (χ1v) is 8.69. The smallest absolute Gasteiger partial charge is 0.152 e. The first kappa shape index (κ1) is 14.6. The van der Waals surface area contributed by atoms with Gasteiger partial charge in [-0.15, -0.1) is 0 Å². The van der Waals surface area contributed by atoms with E-state index in [0.29, 0.717) is 0 Å². The molecule has 0 saturated carbocycles. The van der Waals surface area contributed by atoms with Crippen molar-refractivity contribution in [2.24, 2.45) is 0 Å². The maximum atomic E-state index is 12.1. The van der Waals surface area contributed by atoms with Gasteiger partial charge < -0.3 is 9.69 Å². The summed E-state index contributed by atoms with van der Waals surface area (Å²) in [5, 5.41) is 0. The van der Waals surface area contributed by atoms with E-state index in [2.05, 4.69) is 43.0 Å². The minimum Gasteiger partial charge on any atom is -0.341 e. The molecule has 0 amide bonds. The molecule has 0 N–H and O–H groups in total. The summed E-state index contributed by atoms with van der Waals surface area (Å²) in [5.74, 6) is 0.577. The normalized spacial score (nSPS) is 23.0. The largest absolute Gasteiger partial charge is 0.341 e. The number of hydrogen-bond donors (Lipinski definition) is 0. The highest BCUT2D eigenvalue weighted by Gasteiger charge is 2.51. The van der Waals surface area contributed by atoms with Crippen molar-refractivity contribution in [3.8, 4) is 0 Å². The molecular weight excluding hydrogens is 310 g/mol. The number of carbonyl (C=O) groups is 1. The van der Waals surface area contributed by atoms with Crippen LogP contribution in [-0.2, 0) is 11.2 Å². The van der Waals surface area contributed by atoms with Crippen LogP contribution in [0.3, 0.4) is 0 Å². The van der Waals surface area contributed by atoms with Gasteiger partial charge >= 0.3 is 0 Å². The van der Waals surface area contributed by atoms with Gasteiger partial charge in [0, 0.05) is 5.54 Å². The van der Waals surface area contributed by atoms with Crippen molar-refractivity contribution in [3.63, 3.8) is 0 Å². The minimum atomic E-state index is -0.284. The summed E-state index contributed by atoms with van der Waals surface area (Å²) in [5.41, 5.74) is 4.95. The van der Waals surface area contributed by atoms with Crippen LogP contribution in [0.1, 0.15) is 42.6 Å². The summed E-state index contributed by atoms with van der Waals surface area (Å²) in [4.78, 5) is 24.2. The summed E-state index contributed by atoms with van der Waals surface area (Å²) in [7, 11) is 0. The van der Waals surface area contributed by atoms with Gasteiger partial charge in [0.1, 0.15) is 6.29 Å². The van der Waals surface area contributed by atoms with Crippen LogP contribution < -0.4 is 4.90 Å². The van der Waals surface area contributed by atoms with Gasteiger partial charge in [-0.25, -0.2) is 9.97 Å². The number of benzene rings is 2. The summed E-state index contributed by atoms with van der Waals surface area (Å²) >= 11 is 0. The molecule has 1 aromatic heterocycles. The third-order valence-electron chi connectivity index (χ3n) is 5.54. The highest BCUT2D eigenvalue weighted by molar-refractivity contribution is 5.82.